The van der Waals surface area contributed by atoms with Gasteiger partial charge >= 0.3 is 12.1 Å². The quantitative estimate of drug-likeness (QED) is 0.225. The minimum Gasteiger partial charge on any atom is -0.461 e. The van der Waals surface area contributed by atoms with E-state index in [2.05, 4.69) is 16.0 Å². The predicted molar refractivity (Wildman–Crippen MR) is 172 cm³/mol. The van der Waals surface area contributed by atoms with E-state index in [-0.39, 0.29) is 42.6 Å². The highest BCUT2D eigenvalue weighted by Crippen LogP contribution is 2.29. The van der Waals surface area contributed by atoms with Gasteiger partial charge in [0.2, 0.25) is 5.91 Å². The number of rotatable bonds is 11. The molecule has 3 aromatic carbocycles. The van der Waals surface area contributed by atoms with Gasteiger partial charge in [0.15, 0.2) is 0 Å². The summed E-state index contributed by atoms with van der Waals surface area (Å²) in [6.45, 7) is 6.19. The van der Waals surface area contributed by atoms with Crippen LogP contribution in [0.3, 0.4) is 0 Å². The summed E-state index contributed by atoms with van der Waals surface area (Å²) in [5.74, 6) is -0.816. The second-order valence-corrected chi connectivity index (χ2v) is 12.5. The molecule has 45 heavy (non-hydrogen) atoms. The Labute approximate surface area is 265 Å². The number of ether oxygens (including phenoxy) is 2. The van der Waals surface area contributed by atoms with Gasteiger partial charge in [-0.2, -0.15) is 0 Å². The summed E-state index contributed by atoms with van der Waals surface area (Å²) >= 11 is 0. The summed E-state index contributed by atoms with van der Waals surface area (Å²) in [5, 5.41) is 8.71. The van der Waals surface area contributed by atoms with Crippen molar-refractivity contribution in [2.75, 3.05) is 11.9 Å². The molecule has 0 spiro atoms. The fraction of sp³-hybridized carbons (Fsp3) is 0.389. The number of carbonyl (C=O) groups is 4. The zero-order valence-electron chi connectivity index (χ0n) is 26.2. The summed E-state index contributed by atoms with van der Waals surface area (Å²) in [6, 6.07) is 24.8. The van der Waals surface area contributed by atoms with Crippen molar-refractivity contribution in [3.05, 3.63) is 102 Å². The Balaban J connectivity index is 1.28. The monoisotopic (exact) mass is 613 g/mol. The molecule has 3 aromatic rings. The van der Waals surface area contributed by atoms with E-state index in [0.29, 0.717) is 30.6 Å². The molecule has 3 N–H and O–H groups in total. The Morgan fingerprint density at radius 3 is 2.04 bits per heavy atom. The first-order valence-corrected chi connectivity index (χ1v) is 15.5. The zero-order chi connectivity index (χ0) is 32.2. The van der Waals surface area contributed by atoms with Crippen molar-refractivity contribution in [3.8, 4) is 0 Å². The van der Waals surface area contributed by atoms with Crippen molar-refractivity contribution in [1.29, 1.82) is 0 Å². The SMILES string of the molecule is CC(C)(C)OC(=O)NCC1CCC(C(=O)N[C@H](C(=O)Nc2ccc(CC(=O)OCc3ccccc3)cc2)c2ccccc2)CC1. The molecular formula is C36H43N3O6. The van der Waals surface area contributed by atoms with Crippen molar-refractivity contribution in [2.24, 2.45) is 11.8 Å². The second-order valence-electron chi connectivity index (χ2n) is 12.5. The molecule has 0 bridgehead atoms. The molecule has 3 amide bonds. The van der Waals surface area contributed by atoms with E-state index in [1.807, 2.05) is 81.4 Å². The number of esters is 1. The lowest BCUT2D eigenvalue weighted by atomic mass is 9.81. The fourth-order valence-electron chi connectivity index (χ4n) is 5.25. The Kier molecular flexibility index (Phi) is 11.7. The van der Waals surface area contributed by atoms with E-state index < -0.39 is 17.7 Å². The van der Waals surface area contributed by atoms with Gasteiger partial charge in [-0.1, -0.05) is 72.8 Å². The van der Waals surface area contributed by atoms with E-state index in [1.54, 1.807) is 24.3 Å². The van der Waals surface area contributed by atoms with Gasteiger partial charge in [-0.15, -0.1) is 0 Å². The molecule has 4 rings (SSSR count). The average molecular weight is 614 g/mol. The summed E-state index contributed by atoms with van der Waals surface area (Å²) in [7, 11) is 0. The zero-order valence-corrected chi connectivity index (χ0v) is 26.2. The van der Waals surface area contributed by atoms with Gasteiger partial charge in [-0.3, -0.25) is 14.4 Å². The third kappa shape index (κ3) is 11.1. The molecule has 1 fully saturated rings. The van der Waals surface area contributed by atoms with E-state index in [0.717, 1.165) is 24.0 Å². The molecule has 1 atom stereocenters. The molecule has 9 heteroatoms. The number of amides is 3. The number of alkyl carbamates (subject to hydrolysis) is 1. The van der Waals surface area contributed by atoms with Crippen molar-refractivity contribution >= 4 is 29.6 Å². The maximum atomic E-state index is 13.5. The minimum absolute atomic E-state index is 0.114. The third-order valence-electron chi connectivity index (χ3n) is 7.65. The van der Waals surface area contributed by atoms with Crippen LogP contribution < -0.4 is 16.0 Å². The number of hydrogen-bond donors (Lipinski definition) is 3. The van der Waals surface area contributed by atoms with Crippen LogP contribution in [0.2, 0.25) is 0 Å². The molecule has 0 unspecified atom stereocenters. The Morgan fingerprint density at radius 2 is 1.42 bits per heavy atom. The first kappa shape index (κ1) is 33.2. The van der Waals surface area contributed by atoms with Crippen LogP contribution in [0, 0.1) is 11.8 Å². The lowest BCUT2D eigenvalue weighted by molar-refractivity contribution is -0.144. The standard InChI is InChI=1S/C36H43N3O6/c1-36(2,3)45-35(43)37-23-26-14-18-29(19-15-26)33(41)39-32(28-12-8-5-9-13-28)34(42)38-30-20-16-25(17-21-30)22-31(40)44-24-27-10-6-4-7-11-27/h4-13,16-17,20-21,26,29,32H,14-15,18-19,22-24H2,1-3H3,(H,37,43)(H,38,42)(H,39,41)/t26?,29?,32-/m0/s1. The number of nitrogens with one attached hydrogen (secondary N) is 3. The maximum Gasteiger partial charge on any atom is 0.407 e. The van der Waals surface area contributed by atoms with Gasteiger partial charge < -0.3 is 25.4 Å². The highest BCUT2D eigenvalue weighted by molar-refractivity contribution is 5.98. The van der Waals surface area contributed by atoms with Crippen LogP contribution in [0.25, 0.3) is 0 Å². The highest BCUT2D eigenvalue weighted by atomic mass is 16.6. The Morgan fingerprint density at radius 1 is 0.800 bits per heavy atom. The van der Waals surface area contributed by atoms with Crippen molar-refractivity contribution in [3.63, 3.8) is 0 Å². The summed E-state index contributed by atoms with van der Waals surface area (Å²) < 4.78 is 10.7. The van der Waals surface area contributed by atoms with Crippen LogP contribution in [-0.2, 0) is 36.9 Å². The molecule has 0 heterocycles. The Bertz CT molecular complexity index is 1410. The first-order valence-electron chi connectivity index (χ1n) is 15.5. The van der Waals surface area contributed by atoms with E-state index in [4.69, 9.17) is 9.47 Å². The number of hydrogen-bond acceptors (Lipinski definition) is 6. The lowest BCUT2D eigenvalue weighted by Crippen LogP contribution is -2.42. The van der Waals surface area contributed by atoms with Crippen LogP contribution in [0.15, 0.2) is 84.9 Å². The van der Waals surface area contributed by atoms with Gasteiger partial charge in [-0.05, 0) is 81.2 Å². The van der Waals surface area contributed by atoms with Crippen LogP contribution in [0.4, 0.5) is 10.5 Å². The normalized spacial score (nSPS) is 17.0. The fourth-order valence-corrected chi connectivity index (χ4v) is 5.25. The molecule has 9 nitrogen and oxygen atoms in total. The van der Waals surface area contributed by atoms with E-state index in [9.17, 15) is 19.2 Å². The molecule has 0 aromatic heterocycles. The van der Waals surface area contributed by atoms with Crippen molar-refractivity contribution in [2.45, 2.75) is 71.1 Å². The average Bonchev–Trinajstić information content (AvgIpc) is 3.03. The molecule has 1 saturated carbocycles. The first-order chi connectivity index (χ1) is 21.6. The van der Waals surface area contributed by atoms with Crippen LogP contribution in [-0.4, -0.2) is 36.0 Å². The number of carbonyl (C=O) groups excluding carboxylic acids is 4. The summed E-state index contributed by atoms with van der Waals surface area (Å²) in [5.41, 5.74) is 2.36. The van der Waals surface area contributed by atoms with Crippen LogP contribution in [0.1, 0.15) is 69.2 Å². The maximum absolute atomic E-state index is 13.5. The van der Waals surface area contributed by atoms with Gasteiger partial charge in [0, 0.05) is 18.2 Å². The summed E-state index contributed by atoms with van der Waals surface area (Å²) in [6.07, 6.45) is 2.61. The van der Waals surface area contributed by atoms with Gasteiger partial charge in [-0.25, -0.2) is 4.79 Å². The van der Waals surface area contributed by atoms with Crippen LogP contribution in [0.5, 0.6) is 0 Å². The van der Waals surface area contributed by atoms with E-state index in [1.165, 1.54) is 0 Å². The molecule has 238 valence electrons. The predicted octanol–water partition coefficient (Wildman–Crippen LogP) is 6.10. The van der Waals surface area contributed by atoms with Crippen molar-refractivity contribution in [1.82, 2.24) is 10.6 Å². The number of benzene rings is 3. The van der Waals surface area contributed by atoms with Gasteiger partial charge in [0.1, 0.15) is 18.2 Å². The summed E-state index contributed by atoms with van der Waals surface area (Å²) in [4.78, 5) is 51.1. The van der Waals surface area contributed by atoms with Crippen LogP contribution >= 0.6 is 0 Å². The van der Waals surface area contributed by atoms with Gasteiger partial charge in [0.25, 0.3) is 5.91 Å². The molecular weight excluding hydrogens is 570 g/mol. The number of anilines is 1. The lowest BCUT2D eigenvalue weighted by Gasteiger charge is -2.29. The smallest absolute Gasteiger partial charge is 0.407 e. The molecule has 1 aliphatic rings. The highest BCUT2D eigenvalue weighted by Gasteiger charge is 2.30. The second kappa shape index (κ2) is 15.9. The minimum atomic E-state index is -0.877. The van der Waals surface area contributed by atoms with Crippen molar-refractivity contribution < 1.29 is 28.7 Å². The van der Waals surface area contributed by atoms with Gasteiger partial charge in [0.05, 0.1) is 6.42 Å². The molecule has 0 radical (unpaired) electrons. The Hall–Kier alpha value is -4.66. The molecule has 0 saturated heterocycles. The van der Waals surface area contributed by atoms with E-state index >= 15 is 0 Å². The molecule has 1 aliphatic carbocycles. The third-order valence-corrected chi connectivity index (χ3v) is 7.65. The largest absolute Gasteiger partial charge is 0.461 e. The topological polar surface area (TPSA) is 123 Å². The molecule has 0 aliphatic heterocycles.